The molecule has 1 aromatic rings. The molecule has 0 saturated heterocycles. The van der Waals surface area contributed by atoms with Gasteiger partial charge in [0, 0.05) is 40.4 Å². The van der Waals surface area contributed by atoms with Crippen LogP contribution in [0, 0.1) is 0 Å². The topological polar surface area (TPSA) is 41.7 Å². The molecule has 0 fully saturated rings. The molecule has 0 amide bonds. The number of methoxy groups -OCH3 is 1. The summed E-state index contributed by atoms with van der Waals surface area (Å²) in [5.74, 6) is 0. The van der Waals surface area contributed by atoms with Crippen LogP contribution < -0.4 is 15.5 Å². The molecule has 0 spiro atoms. The van der Waals surface area contributed by atoms with E-state index in [0.717, 1.165) is 26.1 Å². The fourth-order valence-electron chi connectivity index (χ4n) is 2.74. The Morgan fingerprint density at radius 3 is 2.58 bits per heavy atom. The van der Waals surface area contributed by atoms with Gasteiger partial charge in [0.2, 0.25) is 0 Å². The summed E-state index contributed by atoms with van der Waals surface area (Å²) in [5, 5.41) is 0. The predicted octanol–water partition coefficient (Wildman–Crippen LogP) is 1.70. The predicted molar refractivity (Wildman–Crippen MR) is 81.0 cm³/mol. The lowest BCUT2D eigenvalue weighted by Gasteiger charge is -2.47. The Morgan fingerprint density at radius 1 is 1.26 bits per heavy atom. The van der Waals surface area contributed by atoms with Crippen molar-refractivity contribution in [2.24, 2.45) is 5.73 Å². The molecule has 4 heteroatoms. The van der Waals surface area contributed by atoms with Crippen molar-refractivity contribution in [2.45, 2.75) is 18.9 Å². The minimum absolute atomic E-state index is 0.0482. The molecule has 1 heterocycles. The first-order valence-electron chi connectivity index (χ1n) is 6.89. The van der Waals surface area contributed by atoms with Gasteiger partial charge in [-0.1, -0.05) is 12.1 Å². The lowest BCUT2D eigenvalue weighted by molar-refractivity contribution is 0.170. The van der Waals surface area contributed by atoms with Crippen molar-refractivity contribution in [1.29, 1.82) is 0 Å². The Bertz CT molecular complexity index is 424. The van der Waals surface area contributed by atoms with Gasteiger partial charge in [0.05, 0.1) is 16.9 Å². The summed E-state index contributed by atoms with van der Waals surface area (Å²) in [5.41, 5.74) is 8.57. The van der Waals surface area contributed by atoms with Gasteiger partial charge in [0.1, 0.15) is 0 Å². The van der Waals surface area contributed by atoms with Gasteiger partial charge >= 0.3 is 0 Å². The lowest BCUT2D eigenvalue weighted by atomic mass is 9.93. The standard InChI is InChI=1S/C15H25N3O/c1-15(12-16,8-11-19-3)18-10-9-17(2)13-6-4-5-7-14(13)18/h4-7H,8-12,16H2,1-3H3. The fourth-order valence-corrected chi connectivity index (χ4v) is 2.74. The van der Waals surface area contributed by atoms with Crippen LogP contribution in [0.2, 0.25) is 0 Å². The van der Waals surface area contributed by atoms with Gasteiger partial charge in [-0.15, -0.1) is 0 Å². The highest BCUT2D eigenvalue weighted by Gasteiger charge is 2.34. The van der Waals surface area contributed by atoms with Crippen molar-refractivity contribution < 1.29 is 4.74 Å². The average molecular weight is 263 g/mol. The molecular formula is C15H25N3O. The molecule has 2 N–H and O–H groups in total. The van der Waals surface area contributed by atoms with E-state index in [-0.39, 0.29) is 5.54 Å². The van der Waals surface area contributed by atoms with Gasteiger partial charge < -0.3 is 20.3 Å². The van der Waals surface area contributed by atoms with E-state index in [4.69, 9.17) is 10.5 Å². The minimum atomic E-state index is -0.0482. The van der Waals surface area contributed by atoms with E-state index in [0.29, 0.717) is 6.54 Å². The van der Waals surface area contributed by atoms with Crippen LogP contribution >= 0.6 is 0 Å². The Morgan fingerprint density at radius 2 is 1.95 bits per heavy atom. The minimum Gasteiger partial charge on any atom is -0.385 e. The number of ether oxygens (including phenoxy) is 1. The van der Waals surface area contributed by atoms with E-state index in [9.17, 15) is 0 Å². The van der Waals surface area contributed by atoms with Crippen molar-refractivity contribution in [3.05, 3.63) is 24.3 Å². The van der Waals surface area contributed by atoms with E-state index in [2.05, 4.69) is 48.0 Å². The summed E-state index contributed by atoms with van der Waals surface area (Å²) >= 11 is 0. The van der Waals surface area contributed by atoms with Crippen molar-refractivity contribution in [3.8, 4) is 0 Å². The van der Waals surface area contributed by atoms with Crippen LogP contribution in [0.4, 0.5) is 11.4 Å². The molecule has 0 aromatic heterocycles. The van der Waals surface area contributed by atoms with E-state index in [1.807, 2.05) is 0 Å². The number of nitrogens with two attached hydrogens (primary N) is 1. The molecule has 2 rings (SSSR count). The van der Waals surface area contributed by atoms with Gasteiger partial charge in [-0.2, -0.15) is 0 Å². The normalized spacial score (nSPS) is 18.1. The zero-order valence-corrected chi connectivity index (χ0v) is 12.2. The van der Waals surface area contributed by atoms with Crippen LogP contribution in [0.15, 0.2) is 24.3 Å². The number of hydrogen-bond acceptors (Lipinski definition) is 4. The first kappa shape index (κ1) is 14.2. The van der Waals surface area contributed by atoms with Gasteiger partial charge in [0.15, 0.2) is 0 Å². The first-order valence-corrected chi connectivity index (χ1v) is 6.89. The Labute approximate surface area is 116 Å². The summed E-state index contributed by atoms with van der Waals surface area (Å²) in [6.45, 7) is 5.63. The SMILES string of the molecule is COCCC(C)(CN)N1CCN(C)c2ccccc21. The van der Waals surface area contributed by atoms with E-state index >= 15 is 0 Å². The fraction of sp³-hybridized carbons (Fsp3) is 0.600. The molecule has 0 bridgehead atoms. The quantitative estimate of drug-likeness (QED) is 0.878. The number of hydrogen-bond donors (Lipinski definition) is 1. The molecule has 19 heavy (non-hydrogen) atoms. The second-order valence-electron chi connectivity index (χ2n) is 5.51. The Balaban J connectivity index is 2.32. The largest absolute Gasteiger partial charge is 0.385 e. The van der Waals surface area contributed by atoms with E-state index < -0.39 is 0 Å². The van der Waals surface area contributed by atoms with Gasteiger partial charge in [0.25, 0.3) is 0 Å². The van der Waals surface area contributed by atoms with Crippen molar-refractivity contribution in [3.63, 3.8) is 0 Å². The number of nitrogens with zero attached hydrogens (tertiary/aromatic N) is 2. The van der Waals surface area contributed by atoms with Gasteiger partial charge in [-0.25, -0.2) is 0 Å². The van der Waals surface area contributed by atoms with Crippen molar-refractivity contribution >= 4 is 11.4 Å². The number of benzene rings is 1. The van der Waals surface area contributed by atoms with E-state index in [1.165, 1.54) is 11.4 Å². The van der Waals surface area contributed by atoms with Gasteiger partial charge in [-0.05, 0) is 25.5 Å². The van der Waals surface area contributed by atoms with Crippen molar-refractivity contribution in [1.82, 2.24) is 0 Å². The molecule has 0 saturated carbocycles. The molecule has 0 radical (unpaired) electrons. The number of anilines is 2. The average Bonchev–Trinajstić information content (AvgIpc) is 2.45. The second-order valence-corrected chi connectivity index (χ2v) is 5.51. The molecule has 4 nitrogen and oxygen atoms in total. The molecule has 1 aliphatic rings. The number of fused-ring (bicyclic) bond motifs is 1. The molecule has 0 aliphatic carbocycles. The molecule has 1 aromatic carbocycles. The second kappa shape index (κ2) is 5.80. The smallest absolute Gasteiger partial charge is 0.0609 e. The van der Waals surface area contributed by atoms with Crippen LogP contribution in [0.1, 0.15) is 13.3 Å². The maximum atomic E-state index is 6.06. The molecule has 106 valence electrons. The third-order valence-electron chi connectivity index (χ3n) is 4.18. The number of rotatable bonds is 5. The maximum Gasteiger partial charge on any atom is 0.0609 e. The Kier molecular flexibility index (Phi) is 4.32. The van der Waals surface area contributed by atoms with Crippen LogP contribution in [-0.4, -0.2) is 45.9 Å². The Hall–Kier alpha value is -1.26. The summed E-state index contributed by atoms with van der Waals surface area (Å²) < 4.78 is 5.25. The summed E-state index contributed by atoms with van der Waals surface area (Å²) in [4.78, 5) is 4.75. The molecular weight excluding hydrogens is 238 g/mol. The van der Waals surface area contributed by atoms with E-state index in [1.54, 1.807) is 7.11 Å². The number of para-hydroxylation sites is 2. The summed E-state index contributed by atoms with van der Waals surface area (Å²) in [6, 6.07) is 8.55. The van der Waals surface area contributed by atoms with Gasteiger partial charge in [-0.3, -0.25) is 0 Å². The first-order chi connectivity index (χ1) is 9.12. The van der Waals surface area contributed by atoms with Crippen LogP contribution in [-0.2, 0) is 4.74 Å². The summed E-state index contributed by atoms with van der Waals surface area (Å²) in [7, 11) is 3.89. The zero-order chi connectivity index (χ0) is 13.9. The summed E-state index contributed by atoms with van der Waals surface area (Å²) in [6.07, 6.45) is 0.943. The highest BCUT2D eigenvalue weighted by atomic mass is 16.5. The highest BCUT2D eigenvalue weighted by Crippen LogP contribution is 2.37. The monoisotopic (exact) mass is 263 g/mol. The molecule has 1 atom stereocenters. The molecule has 1 aliphatic heterocycles. The van der Waals surface area contributed by atoms with Crippen LogP contribution in [0.25, 0.3) is 0 Å². The zero-order valence-electron chi connectivity index (χ0n) is 12.2. The third kappa shape index (κ3) is 2.69. The maximum absolute atomic E-state index is 6.06. The van der Waals surface area contributed by atoms with Crippen molar-refractivity contribution in [2.75, 3.05) is 50.2 Å². The lowest BCUT2D eigenvalue weighted by Crippen LogP contribution is -2.56. The van der Waals surface area contributed by atoms with Crippen LogP contribution in [0.3, 0.4) is 0 Å². The third-order valence-corrected chi connectivity index (χ3v) is 4.18. The molecule has 1 unspecified atom stereocenters. The van der Waals surface area contributed by atoms with Crippen LogP contribution in [0.5, 0.6) is 0 Å². The number of likely N-dealkylation sites (N-methyl/N-ethyl adjacent to an activating group) is 1. The highest BCUT2D eigenvalue weighted by molar-refractivity contribution is 5.74.